The lowest BCUT2D eigenvalue weighted by Crippen LogP contribution is -2.05. The van der Waals surface area contributed by atoms with Gasteiger partial charge in [0.05, 0.1) is 6.61 Å². The van der Waals surface area contributed by atoms with Crippen LogP contribution in [-0.4, -0.2) is 16.2 Å². The van der Waals surface area contributed by atoms with Gasteiger partial charge in [-0.1, -0.05) is 24.3 Å². The molecular weight excluding hydrogens is 194 g/mol. The van der Waals surface area contributed by atoms with Gasteiger partial charge >= 0.3 is 5.97 Å². The molecule has 0 spiro atoms. The average molecular weight is 207 g/mol. The minimum Gasteiger partial charge on any atom is -0.478 e. The Labute approximate surface area is 87.9 Å². The number of rotatable bonds is 5. The average Bonchev–Trinajstić information content (AvgIpc) is 2.24. The summed E-state index contributed by atoms with van der Waals surface area (Å²) in [5.74, 6) is -0.980. The van der Waals surface area contributed by atoms with Crippen LogP contribution in [0.5, 0.6) is 0 Å². The van der Waals surface area contributed by atoms with E-state index in [9.17, 15) is 4.79 Å². The Kier molecular flexibility index (Phi) is 4.37. The molecule has 15 heavy (non-hydrogen) atoms. The van der Waals surface area contributed by atoms with E-state index in [2.05, 4.69) is 5.32 Å². The molecule has 0 saturated heterocycles. The molecule has 0 amide bonds. The lowest BCUT2D eigenvalue weighted by molar-refractivity contribution is -0.131. The minimum atomic E-state index is -0.980. The van der Waals surface area contributed by atoms with E-state index in [0.717, 1.165) is 17.2 Å². The summed E-state index contributed by atoms with van der Waals surface area (Å²) < 4.78 is 0. The summed E-state index contributed by atoms with van der Waals surface area (Å²) in [6, 6.07) is 7.45. The van der Waals surface area contributed by atoms with Gasteiger partial charge in [0, 0.05) is 18.8 Å². The number of carboxylic acids is 1. The fourth-order valence-corrected chi connectivity index (χ4v) is 1.14. The normalized spacial score (nSPS) is 10.5. The molecule has 80 valence electrons. The van der Waals surface area contributed by atoms with E-state index < -0.39 is 5.97 Å². The Morgan fingerprint density at radius 3 is 2.80 bits per heavy atom. The first-order valence-corrected chi connectivity index (χ1v) is 4.54. The molecule has 0 heterocycles. The van der Waals surface area contributed by atoms with Crippen LogP contribution < -0.4 is 5.32 Å². The van der Waals surface area contributed by atoms with E-state index in [-0.39, 0.29) is 6.61 Å². The van der Waals surface area contributed by atoms with Crippen LogP contribution in [0.25, 0.3) is 0 Å². The predicted molar refractivity (Wildman–Crippen MR) is 56.0 cm³/mol. The molecule has 4 nitrogen and oxygen atoms in total. The van der Waals surface area contributed by atoms with Gasteiger partial charge in [-0.2, -0.15) is 0 Å². The van der Waals surface area contributed by atoms with E-state index in [1.165, 1.54) is 6.20 Å². The Bertz CT molecular complexity index is 361. The Hall–Kier alpha value is -1.81. The summed E-state index contributed by atoms with van der Waals surface area (Å²) in [4.78, 5) is 10.2. The molecule has 0 saturated carbocycles. The van der Waals surface area contributed by atoms with Crippen LogP contribution in [0.4, 0.5) is 0 Å². The van der Waals surface area contributed by atoms with Crippen molar-refractivity contribution in [2.24, 2.45) is 0 Å². The number of aliphatic carboxylic acids is 1. The van der Waals surface area contributed by atoms with Gasteiger partial charge in [-0.25, -0.2) is 4.79 Å². The molecule has 0 aromatic heterocycles. The largest absolute Gasteiger partial charge is 0.478 e. The molecule has 0 aliphatic heterocycles. The standard InChI is InChI=1S/C11H13NO3/c13-8-10-3-1-2-9(6-10)7-12-5-4-11(14)15/h1-6,12-13H,7-8H2,(H,14,15)/b5-4+. The van der Waals surface area contributed by atoms with E-state index in [1.807, 2.05) is 24.3 Å². The second kappa shape index (κ2) is 5.82. The van der Waals surface area contributed by atoms with Crippen molar-refractivity contribution < 1.29 is 15.0 Å². The van der Waals surface area contributed by atoms with Crippen LogP contribution in [0, 0.1) is 0 Å². The number of carboxylic acid groups (broad SMARTS) is 1. The van der Waals surface area contributed by atoms with Crippen molar-refractivity contribution in [1.82, 2.24) is 5.32 Å². The summed E-state index contributed by atoms with van der Waals surface area (Å²) in [6.45, 7) is 0.552. The molecule has 1 rings (SSSR count). The van der Waals surface area contributed by atoms with Gasteiger partial charge in [-0.3, -0.25) is 0 Å². The first-order chi connectivity index (χ1) is 7.22. The molecule has 0 fully saturated rings. The van der Waals surface area contributed by atoms with Gasteiger partial charge in [-0.05, 0) is 11.1 Å². The molecule has 0 radical (unpaired) electrons. The van der Waals surface area contributed by atoms with Gasteiger partial charge < -0.3 is 15.5 Å². The third-order valence-corrected chi connectivity index (χ3v) is 1.82. The molecule has 3 N–H and O–H groups in total. The zero-order valence-corrected chi connectivity index (χ0v) is 8.18. The molecule has 0 unspecified atom stereocenters. The zero-order chi connectivity index (χ0) is 11.1. The molecule has 0 aliphatic carbocycles. The third-order valence-electron chi connectivity index (χ3n) is 1.82. The van der Waals surface area contributed by atoms with Crippen molar-refractivity contribution in [1.29, 1.82) is 0 Å². The summed E-state index contributed by atoms with van der Waals surface area (Å²) in [7, 11) is 0. The fourth-order valence-electron chi connectivity index (χ4n) is 1.14. The van der Waals surface area contributed by atoms with Gasteiger partial charge in [-0.15, -0.1) is 0 Å². The minimum absolute atomic E-state index is 0.0127. The van der Waals surface area contributed by atoms with E-state index in [1.54, 1.807) is 0 Å². The highest BCUT2D eigenvalue weighted by atomic mass is 16.4. The summed E-state index contributed by atoms with van der Waals surface area (Å²) in [6.07, 6.45) is 2.42. The summed E-state index contributed by atoms with van der Waals surface area (Å²) in [5, 5.41) is 20.1. The Balaban J connectivity index is 2.47. The number of hydrogen-bond acceptors (Lipinski definition) is 3. The van der Waals surface area contributed by atoms with Crippen LogP contribution >= 0.6 is 0 Å². The lowest BCUT2D eigenvalue weighted by Gasteiger charge is -2.02. The van der Waals surface area contributed by atoms with Crippen LogP contribution in [0.3, 0.4) is 0 Å². The van der Waals surface area contributed by atoms with Crippen molar-refractivity contribution >= 4 is 5.97 Å². The van der Waals surface area contributed by atoms with Gasteiger partial charge in [0.15, 0.2) is 0 Å². The first kappa shape index (κ1) is 11.3. The fraction of sp³-hybridized carbons (Fsp3) is 0.182. The van der Waals surface area contributed by atoms with Crippen molar-refractivity contribution in [2.45, 2.75) is 13.2 Å². The molecule has 4 heteroatoms. The van der Waals surface area contributed by atoms with Crippen LogP contribution in [0.1, 0.15) is 11.1 Å². The number of carbonyl (C=O) groups is 1. The first-order valence-electron chi connectivity index (χ1n) is 4.54. The highest BCUT2D eigenvalue weighted by Gasteiger charge is 1.93. The lowest BCUT2D eigenvalue weighted by atomic mass is 10.1. The monoisotopic (exact) mass is 207 g/mol. The Morgan fingerprint density at radius 1 is 1.40 bits per heavy atom. The van der Waals surface area contributed by atoms with Crippen LogP contribution in [-0.2, 0) is 17.9 Å². The van der Waals surface area contributed by atoms with E-state index >= 15 is 0 Å². The maximum absolute atomic E-state index is 10.2. The van der Waals surface area contributed by atoms with Crippen LogP contribution in [0.2, 0.25) is 0 Å². The van der Waals surface area contributed by atoms with Crippen LogP contribution in [0.15, 0.2) is 36.5 Å². The highest BCUT2D eigenvalue weighted by Crippen LogP contribution is 2.04. The molecule has 1 aromatic carbocycles. The molecular formula is C11H13NO3. The summed E-state index contributed by atoms with van der Waals surface area (Å²) in [5.41, 5.74) is 1.84. The Morgan fingerprint density at radius 2 is 2.13 bits per heavy atom. The topological polar surface area (TPSA) is 69.6 Å². The van der Waals surface area contributed by atoms with Gasteiger partial charge in [0.2, 0.25) is 0 Å². The van der Waals surface area contributed by atoms with Gasteiger partial charge in [0.25, 0.3) is 0 Å². The SMILES string of the molecule is O=C(O)/C=C/NCc1cccc(CO)c1. The highest BCUT2D eigenvalue weighted by molar-refractivity contribution is 5.79. The van der Waals surface area contributed by atoms with Crippen molar-refractivity contribution in [3.63, 3.8) is 0 Å². The number of benzene rings is 1. The van der Waals surface area contributed by atoms with E-state index in [4.69, 9.17) is 10.2 Å². The molecule has 0 bridgehead atoms. The number of nitrogens with one attached hydrogen (secondary N) is 1. The number of aliphatic hydroxyl groups is 1. The van der Waals surface area contributed by atoms with Crippen molar-refractivity contribution in [2.75, 3.05) is 0 Å². The molecule has 1 aromatic rings. The summed E-state index contributed by atoms with van der Waals surface area (Å²) >= 11 is 0. The quantitative estimate of drug-likeness (QED) is 0.626. The maximum Gasteiger partial charge on any atom is 0.329 e. The van der Waals surface area contributed by atoms with Crippen molar-refractivity contribution in [3.8, 4) is 0 Å². The smallest absolute Gasteiger partial charge is 0.329 e. The maximum atomic E-state index is 10.2. The molecule has 0 atom stereocenters. The predicted octanol–water partition coefficient (Wildman–Crippen LogP) is 0.867. The zero-order valence-electron chi connectivity index (χ0n) is 8.18. The third kappa shape index (κ3) is 4.28. The van der Waals surface area contributed by atoms with Crippen molar-refractivity contribution in [3.05, 3.63) is 47.7 Å². The second-order valence-electron chi connectivity index (χ2n) is 3.03. The van der Waals surface area contributed by atoms with E-state index in [0.29, 0.717) is 6.54 Å². The second-order valence-corrected chi connectivity index (χ2v) is 3.03. The van der Waals surface area contributed by atoms with Gasteiger partial charge in [0.1, 0.15) is 0 Å². The number of aliphatic hydroxyl groups excluding tert-OH is 1. The number of hydrogen-bond donors (Lipinski definition) is 3. The molecule has 0 aliphatic rings.